The molecule has 9 heteroatoms. The van der Waals surface area contributed by atoms with E-state index in [0.717, 1.165) is 6.54 Å². The molecule has 0 aliphatic carbocycles. The summed E-state index contributed by atoms with van der Waals surface area (Å²) in [7, 11) is 0. The minimum atomic E-state index is -1.91. The predicted octanol–water partition coefficient (Wildman–Crippen LogP) is -1.61. The van der Waals surface area contributed by atoms with Gasteiger partial charge in [-0.1, -0.05) is 0 Å². The molecule has 0 amide bonds. The lowest BCUT2D eigenvalue weighted by Gasteiger charge is -2.10. The molecular formula is C12H13NO8. The number of aromatic carboxylic acids is 4. The summed E-state index contributed by atoms with van der Waals surface area (Å²) in [6.07, 6.45) is 0. The van der Waals surface area contributed by atoms with Gasteiger partial charge in [0.25, 0.3) is 0 Å². The summed E-state index contributed by atoms with van der Waals surface area (Å²) in [5.74, 6) is -6.98. The van der Waals surface area contributed by atoms with Gasteiger partial charge in [-0.3, -0.25) is 0 Å². The average Bonchev–Trinajstić information content (AvgIpc) is 2.37. The van der Waals surface area contributed by atoms with Crippen molar-refractivity contribution in [2.75, 3.05) is 6.54 Å². The minimum Gasteiger partial charge on any atom is -0.545 e. The molecule has 0 spiro atoms. The highest BCUT2D eigenvalue weighted by molar-refractivity contribution is 6.08. The van der Waals surface area contributed by atoms with E-state index in [1.54, 1.807) is 0 Å². The minimum absolute atomic E-state index is 0.449. The van der Waals surface area contributed by atoms with Crippen LogP contribution in [0.4, 0.5) is 0 Å². The molecule has 0 radical (unpaired) electrons. The van der Waals surface area contributed by atoms with E-state index in [1.165, 1.54) is 0 Å². The Balaban J connectivity index is 0.00000122. The summed E-state index contributed by atoms with van der Waals surface area (Å²) in [6.45, 7) is 3.01. The summed E-state index contributed by atoms with van der Waals surface area (Å²) in [5.41, 5.74) is 0.0962. The third-order valence-electron chi connectivity index (χ3n) is 2.07. The third kappa shape index (κ3) is 4.58. The number of carboxylic acids is 4. The number of hydrogen-bond acceptors (Lipinski definition) is 5. The molecule has 0 fully saturated rings. The lowest BCUT2D eigenvalue weighted by atomic mass is 9.98. The zero-order chi connectivity index (χ0) is 16.7. The molecule has 9 nitrogen and oxygen atoms in total. The summed E-state index contributed by atoms with van der Waals surface area (Å²) in [6, 6.07) is 0.920. The van der Waals surface area contributed by atoms with Gasteiger partial charge in [-0.25, -0.2) is 14.4 Å². The predicted molar refractivity (Wildman–Crippen MR) is 65.1 cm³/mol. The zero-order valence-corrected chi connectivity index (χ0v) is 11.0. The van der Waals surface area contributed by atoms with Crippen LogP contribution in [0.5, 0.6) is 0 Å². The lowest BCUT2D eigenvalue weighted by Crippen LogP contribution is -2.48. The van der Waals surface area contributed by atoms with E-state index in [9.17, 15) is 24.3 Å². The SMILES string of the molecule is CC[NH3+].O=C([O-])c1cc(C(=O)O)c(C(=O)O)cc1C(=O)O. The average molecular weight is 299 g/mol. The fourth-order valence-electron chi connectivity index (χ4n) is 1.30. The van der Waals surface area contributed by atoms with Gasteiger partial charge in [-0.15, -0.1) is 0 Å². The second kappa shape index (κ2) is 7.60. The van der Waals surface area contributed by atoms with Crippen molar-refractivity contribution in [3.8, 4) is 0 Å². The lowest BCUT2D eigenvalue weighted by molar-refractivity contribution is -0.361. The molecule has 6 N–H and O–H groups in total. The quantitative estimate of drug-likeness (QED) is 0.512. The number of rotatable bonds is 4. The van der Waals surface area contributed by atoms with Gasteiger partial charge in [0.15, 0.2) is 0 Å². The van der Waals surface area contributed by atoms with E-state index < -0.39 is 46.1 Å². The first-order chi connectivity index (χ1) is 9.67. The van der Waals surface area contributed by atoms with Crippen LogP contribution in [-0.2, 0) is 0 Å². The fraction of sp³-hybridized carbons (Fsp3) is 0.167. The molecule has 1 rings (SSSR count). The van der Waals surface area contributed by atoms with Crippen LogP contribution >= 0.6 is 0 Å². The van der Waals surface area contributed by atoms with E-state index in [4.69, 9.17) is 15.3 Å². The Morgan fingerprint density at radius 2 is 1.14 bits per heavy atom. The second-order valence-corrected chi connectivity index (χ2v) is 3.65. The maximum Gasteiger partial charge on any atom is 0.336 e. The summed E-state index contributed by atoms with van der Waals surface area (Å²) in [5, 5.41) is 36.8. The molecule has 0 saturated heterocycles. The topological polar surface area (TPSA) is 180 Å². The van der Waals surface area contributed by atoms with Crippen molar-refractivity contribution in [1.29, 1.82) is 0 Å². The fourth-order valence-corrected chi connectivity index (χ4v) is 1.30. The maximum atomic E-state index is 10.8. The summed E-state index contributed by atoms with van der Waals surface area (Å²) >= 11 is 0. The van der Waals surface area contributed by atoms with E-state index in [2.05, 4.69) is 5.73 Å². The molecule has 0 aliphatic heterocycles. The Kier molecular flexibility index (Phi) is 6.54. The first kappa shape index (κ1) is 18.1. The van der Waals surface area contributed by atoms with Gasteiger partial charge in [-0.05, 0) is 19.1 Å². The number of carbonyl (C=O) groups is 4. The van der Waals surface area contributed by atoms with Crippen LogP contribution in [0.2, 0.25) is 0 Å². The van der Waals surface area contributed by atoms with Crippen LogP contribution in [0, 0.1) is 0 Å². The molecule has 0 aromatic heterocycles. The van der Waals surface area contributed by atoms with Gasteiger partial charge in [0.1, 0.15) is 0 Å². The van der Waals surface area contributed by atoms with Crippen molar-refractivity contribution in [3.05, 3.63) is 34.4 Å². The standard InChI is InChI=1S/C10H6O8.C2H7N/c11-7(12)3-1-4(8(13)14)6(10(17)18)2-5(3)9(15)16;1-2-3/h1-2H,(H,11,12)(H,13,14)(H,15,16)(H,17,18);2-3H2,1H3. The highest BCUT2D eigenvalue weighted by Gasteiger charge is 2.22. The Bertz CT molecular complexity index is 495. The highest BCUT2D eigenvalue weighted by atomic mass is 16.4. The molecule has 0 unspecified atom stereocenters. The van der Waals surface area contributed by atoms with Crippen molar-refractivity contribution in [2.24, 2.45) is 0 Å². The van der Waals surface area contributed by atoms with Crippen LogP contribution in [-0.4, -0.2) is 45.7 Å². The van der Waals surface area contributed by atoms with E-state index in [-0.39, 0.29) is 0 Å². The van der Waals surface area contributed by atoms with E-state index >= 15 is 0 Å². The molecule has 0 heterocycles. The van der Waals surface area contributed by atoms with Gasteiger partial charge in [0.05, 0.1) is 29.2 Å². The monoisotopic (exact) mass is 299 g/mol. The van der Waals surface area contributed by atoms with Crippen LogP contribution in [0.25, 0.3) is 0 Å². The van der Waals surface area contributed by atoms with E-state index in [0.29, 0.717) is 12.1 Å². The Morgan fingerprint density at radius 3 is 1.38 bits per heavy atom. The Morgan fingerprint density at radius 1 is 0.905 bits per heavy atom. The van der Waals surface area contributed by atoms with Gasteiger partial charge < -0.3 is 31.0 Å². The molecule has 1 aromatic carbocycles. The second-order valence-electron chi connectivity index (χ2n) is 3.65. The largest absolute Gasteiger partial charge is 0.545 e. The molecule has 114 valence electrons. The molecule has 1 aromatic rings. The van der Waals surface area contributed by atoms with Crippen molar-refractivity contribution < 1.29 is 45.3 Å². The highest BCUT2D eigenvalue weighted by Crippen LogP contribution is 2.18. The first-order valence-electron chi connectivity index (χ1n) is 5.55. The normalized spacial score (nSPS) is 9.24. The van der Waals surface area contributed by atoms with Crippen LogP contribution in [0.1, 0.15) is 48.4 Å². The van der Waals surface area contributed by atoms with Gasteiger partial charge in [0.2, 0.25) is 0 Å². The van der Waals surface area contributed by atoms with Crippen LogP contribution in [0.15, 0.2) is 12.1 Å². The van der Waals surface area contributed by atoms with Crippen molar-refractivity contribution in [1.82, 2.24) is 0 Å². The smallest absolute Gasteiger partial charge is 0.336 e. The van der Waals surface area contributed by atoms with Crippen LogP contribution < -0.4 is 10.8 Å². The number of hydrogen-bond donors (Lipinski definition) is 4. The van der Waals surface area contributed by atoms with Gasteiger partial charge in [0, 0.05) is 5.56 Å². The Labute approximate surface area is 118 Å². The summed E-state index contributed by atoms with van der Waals surface area (Å²) < 4.78 is 0. The zero-order valence-electron chi connectivity index (χ0n) is 11.0. The number of carboxylic acid groups (broad SMARTS) is 4. The molecular weight excluding hydrogens is 286 g/mol. The van der Waals surface area contributed by atoms with Gasteiger partial charge >= 0.3 is 17.9 Å². The number of benzene rings is 1. The Hall–Kier alpha value is -2.94. The number of carbonyl (C=O) groups excluding carboxylic acids is 1. The molecule has 0 saturated carbocycles. The molecule has 0 aliphatic rings. The molecule has 21 heavy (non-hydrogen) atoms. The maximum absolute atomic E-state index is 10.8. The van der Waals surface area contributed by atoms with Crippen molar-refractivity contribution in [3.63, 3.8) is 0 Å². The number of quaternary nitrogens is 1. The first-order valence-corrected chi connectivity index (χ1v) is 5.55. The van der Waals surface area contributed by atoms with E-state index in [1.807, 2.05) is 6.92 Å². The molecule has 0 atom stereocenters. The molecule has 0 bridgehead atoms. The van der Waals surface area contributed by atoms with Crippen molar-refractivity contribution in [2.45, 2.75) is 6.92 Å². The van der Waals surface area contributed by atoms with Gasteiger partial charge in [-0.2, -0.15) is 0 Å². The van der Waals surface area contributed by atoms with Crippen molar-refractivity contribution >= 4 is 23.9 Å². The third-order valence-corrected chi connectivity index (χ3v) is 2.07. The van der Waals surface area contributed by atoms with Crippen LogP contribution in [0.3, 0.4) is 0 Å². The summed E-state index contributed by atoms with van der Waals surface area (Å²) in [4.78, 5) is 42.9.